The molecule has 0 saturated carbocycles. The van der Waals surface area contributed by atoms with E-state index in [1.165, 1.54) is 0 Å². The van der Waals surface area contributed by atoms with Crippen molar-refractivity contribution in [3.05, 3.63) is 22.6 Å². The molecule has 0 aliphatic rings. The van der Waals surface area contributed by atoms with E-state index in [2.05, 4.69) is 21.2 Å². The van der Waals surface area contributed by atoms with Crippen LogP contribution in [0.4, 0.5) is 0 Å². The summed E-state index contributed by atoms with van der Waals surface area (Å²) in [6.07, 6.45) is 1.62. The van der Waals surface area contributed by atoms with Gasteiger partial charge in [0.1, 0.15) is 5.76 Å². The number of hydrogen-bond donors (Lipinski definition) is 1. The normalized spacial score (nSPS) is 12.5. The van der Waals surface area contributed by atoms with Crippen LogP contribution in [-0.4, -0.2) is 30.4 Å². The van der Waals surface area contributed by atoms with Gasteiger partial charge in [-0.05, 0) is 35.8 Å². The van der Waals surface area contributed by atoms with Crippen LogP contribution in [0.25, 0.3) is 0 Å². The minimum absolute atomic E-state index is 0.0881. The summed E-state index contributed by atoms with van der Waals surface area (Å²) in [7, 11) is 1.79. The molecule has 0 spiro atoms. The number of likely N-dealkylation sites (N-methyl/N-ethyl adjacent to an activating group) is 1. The first-order chi connectivity index (χ1) is 7.56. The van der Waals surface area contributed by atoms with Crippen molar-refractivity contribution in [2.75, 3.05) is 13.6 Å². The lowest BCUT2D eigenvalue weighted by Gasteiger charge is -2.20. The number of rotatable bonds is 5. The van der Waals surface area contributed by atoms with Crippen LogP contribution >= 0.6 is 15.9 Å². The highest BCUT2D eigenvalue weighted by Crippen LogP contribution is 2.17. The minimum atomic E-state index is -0.207. The molecule has 4 nitrogen and oxygen atoms in total. The zero-order chi connectivity index (χ0) is 12.1. The first kappa shape index (κ1) is 13.3. The van der Waals surface area contributed by atoms with Crippen LogP contribution in [0, 0.1) is 0 Å². The number of halogens is 1. The van der Waals surface area contributed by atoms with Crippen LogP contribution in [0.2, 0.25) is 0 Å². The van der Waals surface area contributed by atoms with E-state index < -0.39 is 0 Å². The van der Waals surface area contributed by atoms with E-state index in [9.17, 15) is 4.79 Å². The molecule has 1 heterocycles. The summed E-state index contributed by atoms with van der Waals surface area (Å²) in [5, 5.41) is 3.13. The van der Waals surface area contributed by atoms with Gasteiger partial charge in [0.05, 0.1) is 23.3 Å². The van der Waals surface area contributed by atoms with E-state index in [4.69, 9.17) is 4.42 Å². The molecule has 1 unspecified atom stereocenters. The van der Waals surface area contributed by atoms with Crippen LogP contribution < -0.4 is 5.32 Å². The Morgan fingerprint density at radius 1 is 1.69 bits per heavy atom. The Labute approximate surface area is 104 Å². The van der Waals surface area contributed by atoms with Crippen LogP contribution in [0.15, 0.2) is 21.2 Å². The van der Waals surface area contributed by atoms with Gasteiger partial charge in [0, 0.05) is 13.6 Å². The molecule has 16 heavy (non-hydrogen) atoms. The van der Waals surface area contributed by atoms with Gasteiger partial charge in [-0.1, -0.05) is 0 Å². The lowest BCUT2D eigenvalue weighted by Crippen LogP contribution is -2.42. The lowest BCUT2D eigenvalue weighted by molar-refractivity contribution is -0.131. The fraction of sp³-hybridized carbons (Fsp3) is 0.545. The number of carbonyl (C=O) groups is 1. The molecule has 1 atom stereocenters. The Balaban J connectivity index is 2.44. The second-order valence-corrected chi connectivity index (χ2v) is 4.50. The predicted molar refractivity (Wildman–Crippen MR) is 66.0 cm³/mol. The summed E-state index contributed by atoms with van der Waals surface area (Å²) < 4.78 is 6.17. The third-order valence-corrected chi connectivity index (χ3v) is 3.19. The van der Waals surface area contributed by atoms with Crippen molar-refractivity contribution >= 4 is 21.8 Å². The molecule has 0 aromatic carbocycles. The summed E-state index contributed by atoms with van der Waals surface area (Å²) >= 11 is 3.37. The Morgan fingerprint density at radius 3 is 2.88 bits per heavy atom. The van der Waals surface area contributed by atoms with Crippen molar-refractivity contribution in [3.8, 4) is 0 Å². The molecule has 1 aromatic heterocycles. The average molecular weight is 289 g/mol. The van der Waals surface area contributed by atoms with E-state index in [-0.39, 0.29) is 11.9 Å². The highest BCUT2D eigenvalue weighted by molar-refractivity contribution is 9.10. The number of amides is 1. The quantitative estimate of drug-likeness (QED) is 0.901. The minimum Gasteiger partial charge on any atom is -0.467 e. The molecule has 1 amide bonds. The number of furan rings is 1. The van der Waals surface area contributed by atoms with Crippen LogP contribution in [0.3, 0.4) is 0 Å². The van der Waals surface area contributed by atoms with Gasteiger partial charge in [-0.2, -0.15) is 0 Å². The number of hydrogen-bond acceptors (Lipinski definition) is 3. The van der Waals surface area contributed by atoms with Gasteiger partial charge in [-0.15, -0.1) is 0 Å². The molecule has 1 aromatic rings. The Kier molecular flexibility index (Phi) is 5.02. The van der Waals surface area contributed by atoms with Crippen LogP contribution in [-0.2, 0) is 11.3 Å². The molecule has 1 rings (SSSR count). The van der Waals surface area contributed by atoms with Crippen molar-refractivity contribution in [1.82, 2.24) is 10.2 Å². The monoisotopic (exact) mass is 288 g/mol. The van der Waals surface area contributed by atoms with Gasteiger partial charge in [-0.3, -0.25) is 10.1 Å². The van der Waals surface area contributed by atoms with E-state index in [1.807, 2.05) is 19.9 Å². The Hall–Kier alpha value is -0.810. The topological polar surface area (TPSA) is 45.5 Å². The van der Waals surface area contributed by atoms with Gasteiger partial charge < -0.3 is 9.32 Å². The maximum atomic E-state index is 11.7. The SMILES string of the molecule is CCN(C)C(=O)C(C)NCc1occc1Br. The van der Waals surface area contributed by atoms with E-state index in [0.717, 1.165) is 16.8 Å². The first-order valence-electron chi connectivity index (χ1n) is 5.26. The molecule has 90 valence electrons. The van der Waals surface area contributed by atoms with Crippen molar-refractivity contribution in [3.63, 3.8) is 0 Å². The molecule has 1 N–H and O–H groups in total. The summed E-state index contributed by atoms with van der Waals surface area (Å²) in [6, 6.07) is 1.63. The lowest BCUT2D eigenvalue weighted by atomic mass is 10.3. The van der Waals surface area contributed by atoms with Crippen molar-refractivity contribution in [1.29, 1.82) is 0 Å². The average Bonchev–Trinajstić information content (AvgIpc) is 2.69. The van der Waals surface area contributed by atoms with Crippen molar-refractivity contribution < 1.29 is 9.21 Å². The summed E-state index contributed by atoms with van der Waals surface area (Å²) in [5.74, 6) is 0.893. The molecule has 0 radical (unpaired) electrons. The molecule has 0 aliphatic heterocycles. The fourth-order valence-electron chi connectivity index (χ4n) is 1.27. The molecule has 0 aliphatic carbocycles. The standard InChI is InChI=1S/C11H17BrN2O2/c1-4-14(3)11(15)8(2)13-7-10-9(12)5-6-16-10/h5-6,8,13H,4,7H2,1-3H3. The zero-order valence-corrected chi connectivity index (χ0v) is 11.4. The maximum absolute atomic E-state index is 11.7. The molecule has 0 fully saturated rings. The molecule has 5 heteroatoms. The van der Waals surface area contributed by atoms with Gasteiger partial charge in [0.25, 0.3) is 0 Å². The Bertz CT molecular complexity index is 352. The van der Waals surface area contributed by atoms with Gasteiger partial charge in [0.2, 0.25) is 5.91 Å². The highest BCUT2D eigenvalue weighted by Gasteiger charge is 2.16. The van der Waals surface area contributed by atoms with Gasteiger partial charge >= 0.3 is 0 Å². The van der Waals surface area contributed by atoms with E-state index in [1.54, 1.807) is 18.2 Å². The zero-order valence-electron chi connectivity index (χ0n) is 9.79. The number of nitrogens with one attached hydrogen (secondary N) is 1. The van der Waals surface area contributed by atoms with Crippen LogP contribution in [0.1, 0.15) is 19.6 Å². The predicted octanol–water partition coefficient (Wildman–Crippen LogP) is 2.00. The smallest absolute Gasteiger partial charge is 0.239 e. The Morgan fingerprint density at radius 2 is 2.38 bits per heavy atom. The second-order valence-electron chi connectivity index (χ2n) is 3.65. The highest BCUT2D eigenvalue weighted by atomic mass is 79.9. The summed E-state index contributed by atoms with van der Waals surface area (Å²) in [4.78, 5) is 13.4. The van der Waals surface area contributed by atoms with Gasteiger partial charge in [0.15, 0.2) is 0 Å². The number of carbonyl (C=O) groups excluding carboxylic acids is 1. The van der Waals surface area contributed by atoms with Crippen LogP contribution in [0.5, 0.6) is 0 Å². The largest absolute Gasteiger partial charge is 0.467 e. The third kappa shape index (κ3) is 3.35. The van der Waals surface area contributed by atoms with E-state index >= 15 is 0 Å². The van der Waals surface area contributed by atoms with Gasteiger partial charge in [-0.25, -0.2) is 0 Å². The maximum Gasteiger partial charge on any atom is 0.239 e. The molecule has 0 bridgehead atoms. The molecule has 0 saturated heterocycles. The first-order valence-corrected chi connectivity index (χ1v) is 6.05. The van der Waals surface area contributed by atoms with Crippen molar-refractivity contribution in [2.24, 2.45) is 0 Å². The van der Waals surface area contributed by atoms with E-state index in [0.29, 0.717) is 6.54 Å². The second kappa shape index (κ2) is 6.06. The summed E-state index contributed by atoms with van der Waals surface area (Å²) in [5.41, 5.74) is 0. The van der Waals surface area contributed by atoms with Crippen molar-refractivity contribution in [2.45, 2.75) is 26.4 Å². The summed E-state index contributed by atoms with van der Waals surface area (Å²) in [6.45, 7) is 5.06. The number of nitrogens with zero attached hydrogens (tertiary/aromatic N) is 1. The fourth-order valence-corrected chi connectivity index (χ4v) is 1.61. The molecular formula is C11H17BrN2O2. The third-order valence-electron chi connectivity index (χ3n) is 2.48. The molecular weight excluding hydrogens is 272 g/mol.